The zero-order valence-corrected chi connectivity index (χ0v) is 44.0. The Morgan fingerprint density at radius 3 is 1.54 bits per heavy atom. The number of rotatable bonds is 11. The van der Waals surface area contributed by atoms with Crippen LogP contribution in [0.15, 0.2) is 72.1 Å². The molecule has 0 atom stereocenters. The molecule has 0 bridgehead atoms. The second-order valence-electron chi connectivity index (χ2n) is 14.3. The quantitative estimate of drug-likeness (QED) is 0.0553. The van der Waals surface area contributed by atoms with Crippen LogP contribution in [0, 0.1) is 0 Å². The standard InChI is InChI=1S/C21H25N3O4.C14H20ClN3O.C7H6O3.CH2O3.2K.H/c1-14(2)24-19(7-9-22-24)17-11-23(15(3)26)10-8-16(17)13-28-21-6-4-5-20(27)18(21)12-25;1-10(2)18-14(4-6-16-18)13-9-17(11(3)19)7-5-12(13)8-15;8-4-5-6(9)2-1-3-7(5)10;2-1-4-3;;;/h4-7,9,12,14,27H,8,10-11,13H2,1-3H3;4,6,10H,5,7-9H2,1-3H3;1-4,9-10H;1,3H;;;/q;;;;2*+1;-1/p-1. The fourth-order valence-electron chi connectivity index (χ4n) is 6.51. The monoisotopic (exact) mass is 942 g/mol. The van der Waals surface area contributed by atoms with Crippen molar-refractivity contribution in [2.45, 2.75) is 66.5 Å². The molecule has 0 fully saturated rings. The molecule has 6 rings (SSSR count). The van der Waals surface area contributed by atoms with Crippen LogP contribution in [0.3, 0.4) is 0 Å². The van der Waals surface area contributed by atoms with Gasteiger partial charge in [-0.1, -0.05) is 12.1 Å². The first-order chi connectivity index (χ1) is 29.1. The molecule has 4 aromatic rings. The summed E-state index contributed by atoms with van der Waals surface area (Å²) in [6.07, 6.45) is 6.08. The molecule has 0 saturated carbocycles. The number of nitrogens with zero attached hydrogens (tertiary/aromatic N) is 6. The van der Waals surface area contributed by atoms with E-state index in [0.29, 0.717) is 56.3 Å². The van der Waals surface area contributed by atoms with Crippen LogP contribution >= 0.6 is 11.6 Å². The number of phenolic OH excluding ortho intramolecular Hbond substituents is 3. The van der Waals surface area contributed by atoms with Gasteiger partial charge in [-0.15, -0.1) is 11.6 Å². The van der Waals surface area contributed by atoms with Crippen molar-refractivity contribution in [3.8, 4) is 23.0 Å². The Hall–Kier alpha value is -3.19. The molecular weight excluding hydrogens is 890 g/mol. The summed E-state index contributed by atoms with van der Waals surface area (Å²) in [5.41, 5.74) is 6.56. The van der Waals surface area contributed by atoms with Crippen molar-refractivity contribution in [2.24, 2.45) is 0 Å². The van der Waals surface area contributed by atoms with Gasteiger partial charge in [0, 0.05) is 70.4 Å². The van der Waals surface area contributed by atoms with Gasteiger partial charge < -0.3 is 41.4 Å². The fraction of sp³-hybridized carbons (Fsp3) is 0.372. The van der Waals surface area contributed by atoms with Gasteiger partial charge >= 0.3 is 103 Å². The van der Waals surface area contributed by atoms with Crippen LogP contribution in [0.25, 0.3) is 11.1 Å². The van der Waals surface area contributed by atoms with Gasteiger partial charge in [-0.3, -0.25) is 33.3 Å². The third kappa shape index (κ3) is 16.6. The normalized spacial score (nSPS) is 13.2. The number of carbonyl (C=O) groups excluding carboxylic acids is 5. The van der Waals surface area contributed by atoms with E-state index in [1.165, 1.54) is 29.8 Å². The largest absolute Gasteiger partial charge is 1.00 e. The Bertz CT molecular complexity index is 2190. The maximum absolute atomic E-state index is 11.9. The molecule has 330 valence electrons. The summed E-state index contributed by atoms with van der Waals surface area (Å²) in [5, 5.41) is 44.9. The molecule has 3 N–H and O–H groups in total. The molecule has 2 aromatic heterocycles. The molecule has 0 spiro atoms. The number of aldehydes is 2. The fourth-order valence-corrected chi connectivity index (χ4v) is 6.80. The van der Waals surface area contributed by atoms with Crippen LogP contribution in [0.5, 0.6) is 23.0 Å². The molecule has 20 heteroatoms. The number of amides is 2. The number of hydrogen-bond acceptors (Lipinski definition) is 13. The number of carbonyl (C=O) groups is 5. The average molecular weight is 944 g/mol. The summed E-state index contributed by atoms with van der Waals surface area (Å²) in [4.78, 5) is 59.8. The number of aromatic nitrogens is 4. The Morgan fingerprint density at radius 1 is 0.746 bits per heavy atom. The van der Waals surface area contributed by atoms with Crippen LogP contribution in [-0.4, -0.2) is 114 Å². The predicted octanol–water partition coefficient (Wildman–Crippen LogP) is -0.759. The van der Waals surface area contributed by atoms with Crippen LogP contribution in [-0.2, 0) is 19.3 Å². The Balaban J connectivity index is 0.000000953. The molecule has 0 radical (unpaired) electrons. The van der Waals surface area contributed by atoms with Gasteiger partial charge in [0.2, 0.25) is 11.8 Å². The van der Waals surface area contributed by atoms with Crippen LogP contribution in [0.1, 0.15) is 100.0 Å². The van der Waals surface area contributed by atoms with E-state index in [0.717, 1.165) is 41.1 Å². The van der Waals surface area contributed by atoms with E-state index < -0.39 is 0 Å². The number of ether oxygens (including phenoxy) is 1. The number of phenols is 3. The van der Waals surface area contributed by atoms with Crippen molar-refractivity contribution in [2.75, 3.05) is 38.7 Å². The summed E-state index contributed by atoms with van der Waals surface area (Å²) in [6.45, 7) is 14.1. The summed E-state index contributed by atoms with van der Waals surface area (Å²) >= 11 is 6.06. The van der Waals surface area contributed by atoms with Crippen LogP contribution in [0.2, 0.25) is 0 Å². The number of aromatic hydroxyl groups is 3. The van der Waals surface area contributed by atoms with Crippen molar-refractivity contribution in [1.29, 1.82) is 0 Å². The topological polar surface area (TPSA) is 230 Å². The van der Waals surface area contributed by atoms with Crippen molar-refractivity contribution in [3.63, 3.8) is 0 Å². The minimum Gasteiger partial charge on any atom is -1.00 e. The van der Waals surface area contributed by atoms with Gasteiger partial charge in [0.05, 0.1) is 22.5 Å². The van der Waals surface area contributed by atoms with E-state index in [-0.39, 0.29) is 164 Å². The van der Waals surface area contributed by atoms with E-state index in [1.807, 2.05) is 31.3 Å². The first-order valence-corrected chi connectivity index (χ1v) is 19.8. The summed E-state index contributed by atoms with van der Waals surface area (Å²) < 4.78 is 9.82. The molecular formula is C43H53ClK2N6O11. The second-order valence-corrected chi connectivity index (χ2v) is 14.6. The second kappa shape index (κ2) is 29.4. The molecule has 0 aliphatic carbocycles. The molecule has 2 aromatic carbocycles. The third-order valence-corrected chi connectivity index (χ3v) is 10.0. The molecule has 0 saturated heterocycles. The van der Waals surface area contributed by atoms with Crippen LogP contribution in [0.4, 0.5) is 0 Å². The molecule has 17 nitrogen and oxygen atoms in total. The molecule has 2 amide bonds. The van der Waals surface area contributed by atoms with Gasteiger partial charge in [0.15, 0.2) is 12.6 Å². The number of alkyl halides is 1. The van der Waals surface area contributed by atoms with Crippen molar-refractivity contribution in [3.05, 3.63) is 94.6 Å². The predicted molar refractivity (Wildman–Crippen MR) is 226 cm³/mol. The van der Waals surface area contributed by atoms with E-state index in [2.05, 4.69) is 42.8 Å². The maximum atomic E-state index is 11.9. The Labute approximate surface area is 458 Å². The average Bonchev–Trinajstić information content (AvgIpc) is 3.95. The zero-order valence-electron chi connectivity index (χ0n) is 38.0. The number of benzene rings is 2. The maximum Gasteiger partial charge on any atom is 1.00 e. The van der Waals surface area contributed by atoms with E-state index in [4.69, 9.17) is 36.6 Å². The minimum absolute atomic E-state index is 0. The minimum atomic E-state index is -0.199. The molecule has 2 aliphatic heterocycles. The van der Waals surface area contributed by atoms with Gasteiger partial charge in [-0.05, 0) is 99.2 Å². The molecule has 4 heterocycles. The van der Waals surface area contributed by atoms with E-state index in [9.17, 15) is 24.3 Å². The molecule has 2 aliphatic rings. The van der Waals surface area contributed by atoms with Crippen molar-refractivity contribution >= 4 is 53.6 Å². The van der Waals surface area contributed by atoms with Crippen LogP contribution < -0.4 is 113 Å². The number of halogens is 1. The third-order valence-electron chi connectivity index (χ3n) is 9.69. The summed E-state index contributed by atoms with van der Waals surface area (Å²) in [6, 6.07) is 13.3. The van der Waals surface area contributed by atoms with Crippen molar-refractivity contribution in [1.82, 2.24) is 29.4 Å². The van der Waals surface area contributed by atoms with Gasteiger partial charge in [-0.2, -0.15) is 10.2 Å². The van der Waals surface area contributed by atoms with E-state index >= 15 is 0 Å². The Kier molecular flexibility index (Phi) is 27.0. The number of hydrogen-bond donors (Lipinski definition) is 3. The summed E-state index contributed by atoms with van der Waals surface area (Å²) in [7, 11) is 0. The first-order valence-electron chi connectivity index (χ1n) is 19.3. The first kappa shape index (κ1) is 57.8. The SMILES string of the molecule is CC(=O)N1CCC(CCl)=C(c2ccnn2C(C)C)C1.CC(=O)N1CCC(COc2cccc(O)c2C=O)=C(c2ccnn2C(C)C)C1.O=CO[O-].O=Cc1c(O)cccc1O.[H-].[K+].[K+]. The smallest absolute Gasteiger partial charge is 1.00 e. The van der Waals surface area contributed by atoms with E-state index in [1.54, 1.807) is 38.4 Å². The molecule has 0 unspecified atom stereocenters. The zero-order chi connectivity index (χ0) is 45.2. The van der Waals surface area contributed by atoms with Gasteiger partial charge in [0.1, 0.15) is 29.6 Å². The molecule has 63 heavy (non-hydrogen) atoms. The van der Waals surface area contributed by atoms with Crippen molar-refractivity contribution < 1.29 is 158 Å². The van der Waals surface area contributed by atoms with Gasteiger partial charge in [-0.25, -0.2) is 0 Å². The Morgan fingerprint density at radius 2 is 1.16 bits per heavy atom. The van der Waals surface area contributed by atoms with Gasteiger partial charge in [0.25, 0.3) is 6.47 Å². The summed E-state index contributed by atoms with van der Waals surface area (Å²) in [5.74, 6) is 0.500.